The Hall–Kier alpha value is -3.06. The van der Waals surface area contributed by atoms with Crippen LogP contribution in [0.15, 0.2) is 64.9 Å². The second-order valence-corrected chi connectivity index (χ2v) is 5.77. The van der Waals surface area contributed by atoms with Gasteiger partial charge in [0.15, 0.2) is 0 Å². The Morgan fingerprint density at radius 1 is 1.08 bits per heavy atom. The number of hydrogen-bond donors (Lipinski definition) is 0. The third kappa shape index (κ3) is 3.16. The van der Waals surface area contributed by atoms with Crippen molar-refractivity contribution in [3.05, 3.63) is 66.1 Å². The Labute approximate surface area is 141 Å². The molecule has 0 aliphatic carbocycles. The van der Waals surface area contributed by atoms with E-state index in [-0.39, 0.29) is 0 Å². The molecule has 0 unspecified atom stereocenters. The lowest BCUT2D eigenvalue weighted by Crippen LogP contribution is -1.95. The molecular formula is C17H12N4O2S. The molecule has 0 aliphatic heterocycles. The summed E-state index contributed by atoms with van der Waals surface area (Å²) in [7, 11) is 0. The van der Waals surface area contributed by atoms with Gasteiger partial charge in [-0.1, -0.05) is 6.07 Å². The predicted molar refractivity (Wildman–Crippen MR) is 89.4 cm³/mol. The fourth-order valence-corrected chi connectivity index (χ4v) is 2.91. The second kappa shape index (κ2) is 6.59. The first kappa shape index (κ1) is 14.5. The first-order chi connectivity index (χ1) is 11.9. The molecule has 0 bridgehead atoms. The number of pyridine rings is 1. The second-order valence-electron chi connectivity index (χ2n) is 4.92. The molecule has 0 radical (unpaired) electrons. The van der Waals surface area contributed by atoms with Crippen molar-refractivity contribution in [2.24, 2.45) is 0 Å². The Bertz CT molecular complexity index is 905. The lowest BCUT2D eigenvalue weighted by atomic mass is 10.2. The van der Waals surface area contributed by atoms with Crippen LogP contribution in [0, 0.1) is 0 Å². The van der Waals surface area contributed by atoms with Gasteiger partial charge in [0.1, 0.15) is 17.4 Å². The molecule has 0 atom stereocenters. The van der Waals surface area contributed by atoms with Gasteiger partial charge in [-0.2, -0.15) is 0 Å². The van der Waals surface area contributed by atoms with Gasteiger partial charge >= 0.3 is 0 Å². The zero-order valence-corrected chi connectivity index (χ0v) is 13.3. The van der Waals surface area contributed by atoms with Crippen molar-refractivity contribution in [3.8, 4) is 27.9 Å². The smallest absolute Gasteiger partial charge is 0.247 e. The molecule has 3 aromatic heterocycles. The first-order valence-electron chi connectivity index (χ1n) is 7.24. The SMILES string of the molecule is c1ccc(-c2nc(COc3ccc(-c4nnco4)cc3)cs2)nc1. The minimum atomic E-state index is 0.406. The summed E-state index contributed by atoms with van der Waals surface area (Å²) in [5, 5.41) is 10.4. The van der Waals surface area contributed by atoms with Gasteiger partial charge in [0.25, 0.3) is 0 Å². The van der Waals surface area contributed by atoms with Crippen LogP contribution in [0.3, 0.4) is 0 Å². The van der Waals surface area contributed by atoms with Crippen LogP contribution in [0.2, 0.25) is 0 Å². The summed E-state index contributed by atoms with van der Waals surface area (Å²) >= 11 is 1.56. The first-order valence-corrected chi connectivity index (χ1v) is 8.12. The Kier molecular flexibility index (Phi) is 3.99. The van der Waals surface area contributed by atoms with Gasteiger partial charge in [0.05, 0.1) is 11.4 Å². The summed E-state index contributed by atoms with van der Waals surface area (Å²) in [5.74, 6) is 1.24. The van der Waals surface area contributed by atoms with Crippen LogP contribution in [-0.4, -0.2) is 20.2 Å². The summed E-state index contributed by atoms with van der Waals surface area (Å²) in [6.45, 7) is 0.406. The highest BCUT2D eigenvalue weighted by Gasteiger charge is 2.07. The maximum Gasteiger partial charge on any atom is 0.247 e. The highest BCUT2D eigenvalue weighted by Crippen LogP contribution is 2.23. The normalized spacial score (nSPS) is 10.7. The molecule has 7 heteroatoms. The molecule has 6 nitrogen and oxygen atoms in total. The fourth-order valence-electron chi connectivity index (χ4n) is 2.13. The van der Waals surface area contributed by atoms with Crippen molar-refractivity contribution in [2.45, 2.75) is 6.61 Å². The summed E-state index contributed by atoms with van der Waals surface area (Å²) in [6, 6.07) is 13.3. The number of nitrogens with zero attached hydrogens (tertiary/aromatic N) is 4. The Morgan fingerprint density at radius 3 is 2.75 bits per heavy atom. The molecule has 24 heavy (non-hydrogen) atoms. The number of benzene rings is 1. The summed E-state index contributed by atoms with van der Waals surface area (Å²) in [4.78, 5) is 8.85. The van der Waals surface area contributed by atoms with Crippen molar-refractivity contribution < 1.29 is 9.15 Å². The van der Waals surface area contributed by atoms with Crippen molar-refractivity contribution in [2.75, 3.05) is 0 Å². The molecule has 0 fully saturated rings. The molecule has 0 amide bonds. The zero-order chi connectivity index (χ0) is 16.2. The van der Waals surface area contributed by atoms with E-state index in [2.05, 4.69) is 20.2 Å². The van der Waals surface area contributed by atoms with E-state index in [1.807, 2.05) is 47.8 Å². The summed E-state index contributed by atoms with van der Waals surface area (Å²) < 4.78 is 10.9. The third-order valence-electron chi connectivity index (χ3n) is 3.28. The van der Waals surface area contributed by atoms with E-state index in [9.17, 15) is 0 Å². The molecule has 4 aromatic rings. The average molecular weight is 336 g/mol. The molecule has 118 valence electrons. The quantitative estimate of drug-likeness (QED) is 0.551. The largest absolute Gasteiger partial charge is 0.487 e. The fraction of sp³-hybridized carbons (Fsp3) is 0.0588. The molecule has 0 N–H and O–H groups in total. The van der Waals surface area contributed by atoms with Gasteiger partial charge in [0.2, 0.25) is 12.3 Å². The van der Waals surface area contributed by atoms with Gasteiger partial charge in [-0.05, 0) is 36.4 Å². The Morgan fingerprint density at radius 2 is 2.00 bits per heavy atom. The number of ether oxygens (including phenoxy) is 1. The van der Waals surface area contributed by atoms with Crippen LogP contribution in [0.1, 0.15) is 5.69 Å². The van der Waals surface area contributed by atoms with E-state index in [1.165, 1.54) is 6.39 Å². The number of thiazole rings is 1. The predicted octanol–water partition coefficient (Wildman–Crippen LogP) is 3.83. The minimum Gasteiger partial charge on any atom is -0.487 e. The van der Waals surface area contributed by atoms with E-state index in [0.29, 0.717) is 12.5 Å². The lowest BCUT2D eigenvalue weighted by Gasteiger charge is -2.04. The van der Waals surface area contributed by atoms with Gasteiger partial charge in [-0.3, -0.25) is 4.98 Å². The number of aromatic nitrogens is 4. The molecule has 0 aliphatic rings. The van der Waals surface area contributed by atoms with Crippen molar-refractivity contribution in [1.29, 1.82) is 0 Å². The van der Waals surface area contributed by atoms with Crippen LogP contribution in [0.25, 0.3) is 22.2 Å². The summed E-state index contributed by atoms with van der Waals surface area (Å²) in [6.07, 6.45) is 3.07. The molecule has 0 saturated carbocycles. The van der Waals surface area contributed by atoms with Gasteiger partial charge in [0, 0.05) is 17.1 Å². The Balaban J connectivity index is 1.41. The van der Waals surface area contributed by atoms with Crippen LogP contribution in [-0.2, 0) is 6.61 Å². The monoisotopic (exact) mass is 336 g/mol. The minimum absolute atomic E-state index is 0.406. The molecule has 3 heterocycles. The van der Waals surface area contributed by atoms with Crippen molar-refractivity contribution in [3.63, 3.8) is 0 Å². The molecule has 0 saturated heterocycles. The van der Waals surface area contributed by atoms with E-state index < -0.39 is 0 Å². The maximum atomic E-state index is 5.77. The van der Waals surface area contributed by atoms with Crippen molar-refractivity contribution in [1.82, 2.24) is 20.2 Å². The zero-order valence-electron chi connectivity index (χ0n) is 12.5. The highest BCUT2D eigenvalue weighted by atomic mass is 32.1. The molecular weight excluding hydrogens is 324 g/mol. The van der Waals surface area contributed by atoms with Gasteiger partial charge < -0.3 is 9.15 Å². The van der Waals surface area contributed by atoms with Crippen LogP contribution in [0.4, 0.5) is 0 Å². The van der Waals surface area contributed by atoms with E-state index in [0.717, 1.165) is 27.7 Å². The van der Waals surface area contributed by atoms with Crippen LogP contribution >= 0.6 is 11.3 Å². The van der Waals surface area contributed by atoms with Crippen LogP contribution < -0.4 is 4.74 Å². The van der Waals surface area contributed by atoms with Crippen LogP contribution in [0.5, 0.6) is 5.75 Å². The third-order valence-corrected chi connectivity index (χ3v) is 4.20. The molecule has 4 rings (SSSR count). The molecule has 0 spiro atoms. The van der Waals surface area contributed by atoms with E-state index >= 15 is 0 Å². The van der Waals surface area contributed by atoms with E-state index in [4.69, 9.17) is 9.15 Å². The topological polar surface area (TPSA) is 73.9 Å². The van der Waals surface area contributed by atoms with Gasteiger partial charge in [-0.25, -0.2) is 4.98 Å². The highest BCUT2D eigenvalue weighted by molar-refractivity contribution is 7.13. The molecule has 1 aromatic carbocycles. The lowest BCUT2D eigenvalue weighted by molar-refractivity contribution is 0.302. The average Bonchev–Trinajstić information content (AvgIpc) is 3.33. The number of rotatable bonds is 5. The maximum absolute atomic E-state index is 5.77. The van der Waals surface area contributed by atoms with Gasteiger partial charge in [-0.15, -0.1) is 21.5 Å². The summed E-state index contributed by atoms with van der Waals surface area (Å²) in [5.41, 5.74) is 2.60. The van der Waals surface area contributed by atoms with E-state index in [1.54, 1.807) is 17.5 Å². The standard InChI is InChI=1S/C17H12N4O2S/c1-2-8-18-15(3-1)17-20-13(10-24-17)9-22-14-6-4-12(5-7-14)16-21-19-11-23-16/h1-8,10-11H,9H2. The van der Waals surface area contributed by atoms with Crippen molar-refractivity contribution >= 4 is 11.3 Å². The number of hydrogen-bond acceptors (Lipinski definition) is 7.